The lowest BCUT2D eigenvalue weighted by molar-refractivity contribution is -0.145. The average Bonchev–Trinajstić information content (AvgIpc) is 2.13. The minimum Gasteiger partial charge on any atom is -0.466 e. The molecule has 0 atom stereocenters. The van der Waals surface area contributed by atoms with Crippen LogP contribution in [-0.4, -0.2) is 25.0 Å². The molecule has 0 unspecified atom stereocenters. The molecule has 0 aromatic heterocycles. The summed E-state index contributed by atoms with van der Waals surface area (Å²) in [4.78, 5) is 21.9. The number of ketones is 1. The number of carbonyl (C=O) groups is 2. The predicted molar refractivity (Wildman–Crippen MR) is 50.7 cm³/mol. The van der Waals surface area contributed by atoms with Gasteiger partial charge in [-0.3, -0.25) is 14.0 Å². The van der Waals surface area contributed by atoms with Crippen LogP contribution in [0.2, 0.25) is 0 Å². The first-order valence-corrected chi connectivity index (χ1v) is 4.94. The third kappa shape index (κ3) is 7.71. The van der Waals surface area contributed by atoms with Gasteiger partial charge in [0.05, 0.1) is 13.3 Å². The third-order valence-corrected chi connectivity index (χ3v) is 1.74. The number of ether oxygens (including phenoxy) is 1. The van der Waals surface area contributed by atoms with E-state index < -0.39 is 5.97 Å². The van der Waals surface area contributed by atoms with Gasteiger partial charge >= 0.3 is 5.97 Å². The quantitative estimate of drug-likeness (QED) is 0.345. The van der Waals surface area contributed by atoms with Crippen LogP contribution in [0.15, 0.2) is 0 Å². The first-order chi connectivity index (χ1) is 6.70. The fraction of sp³-hybridized carbons (Fsp3) is 0.800. The van der Waals surface area contributed by atoms with Gasteiger partial charge in [0.25, 0.3) is 0 Å². The van der Waals surface area contributed by atoms with Gasteiger partial charge in [0, 0.05) is 6.42 Å². The molecule has 0 aliphatic rings. The molecule has 3 nitrogen and oxygen atoms in total. The molecule has 82 valence electrons. The van der Waals surface area contributed by atoms with E-state index in [4.69, 9.17) is 0 Å². The van der Waals surface area contributed by atoms with Crippen LogP contribution in [0.5, 0.6) is 0 Å². The number of carbonyl (C=O) groups excluding carboxylic acids is 2. The van der Waals surface area contributed by atoms with Crippen molar-refractivity contribution in [2.75, 3.05) is 13.3 Å². The van der Waals surface area contributed by atoms with Crippen LogP contribution in [0.1, 0.15) is 39.0 Å². The van der Waals surface area contributed by atoms with E-state index in [0.717, 1.165) is 0 Å². The summed E-state index contributed by atoms with van der Waals surface area (Å²) >= 11 is 0. The van der Waals surface area contributed by atoms with E-state index in [0.29, 0.717) is 32.3 Å². The monoisotopic (exact) mass is 204 g/mol. The highest BCUT2D eigenvalue weighted by atomic mass is 19.1. The van der Waals surface area contributed by atoms with Gasteiger partial charge in [0.1, 0.15) is 12.2 Å². The van der Waals surface area contributed by atoms with Crippen LogP contribution in [0, 0.1) is 0 Å². The minimum absolute atomic E-state index is 0.123. The highest BCUT2D eigenvalue weighted by Gasteiger charge is 2.09. The van der Waals surface area contributed by atoms with Crippen LogP contribution >= 0.6 is 0 Å². The fourth-order valence-electron chi connectivity index (χ4n) is 1.05. The summed E-state index contributed by atoms with van der Waals surface area (Å²) in [6, 6.07) is 0. The maximum Gasteiger partial charge on any atom is 0.313 e. The molecule has 0 bridgehead atoms. The Morgan fingerprint density at radius 2 is 1.93 bits per heavy atom. The van der Waals surface area contributed by atoms with Crippen LogP contribution in [0.25, 0.3) is 0 Å². The van der Waals surface area contributed by atoms with Crippen molar-refractivity contribution in [3.63, 3.8) is 0 Å². The van der Waals surface area contributed by atoms with E-state index >= 15 is 0 Å². The lowest BCUT2D eigenvalue weighted by atomic mass is 10.1. The molecule has 0 saturated carbocycles. The van der Waals surface area contributed by atoms with Crippen molar-refractivity contribution in [3.8, 4) is 0 Å². The number of rotatable bonds is 8. The van der Waals surface area contributed by atoms with Crippen LogP contribution in [0.4, 0.5) is 4.39 Å². The Bertz CT molecular complexity index is 180. The number of alkyl halides is 1. The van der Waals surface area contributed by atoms with E-state index in [9.17, 15) is 14.0 Å². The number of esters is 1. The normalized spacial score (nSPS) is 9.86. The maximum absolute atomic E-state index is 11.7. The minimum atomic E-state index is -0.469. The van der Waals surface area contributed by atoms with Crippen LogP contribution < -0.4 is 0 Å². The first kappa shape index (κ1) is 13.1. The molecule has 14 heavy (non-hydrogen) atoms. The van der Waals surface area contributed by atoms with E-state index in [-0.39, 0.29) is 18.9 Å². The molecule has 0 saturated heterocycles. The zero-order chi connectivity index (χ0) is 10.8. The van der Waals surface area contributed by atoms with Crippen molar-refractivity contribution in [2.45, 2.75) is 39.0 Å². The largest absolute Gasteiger partial charge is 0.466 e. The number of unbranched alkanes of at least 4 members (excludes halogenated alkanes) is 2. The molecule has 0 heterocycles. The second kappa shape index (κ2) is 8.66. The second-order valence-corrected chi connectivity index (χ2v) is 3.02. The van der Waals surface area contributed by atoms with E-state index in [1.807, 2.05) is 0 Å². The van der Waals surface area contributed by atoms with Crippen molar-refractivity contribution >= 4 is 11.8 Å². The molecule has 0 aliphatic carbocycles. The Morgan fingerprint density at radius 3 is 2.50 bits per heavy atom. The third-order valence-electron chi connectivity index (χ3n) is 1.74. The molecular weight excluding hydrogens is 187 g/mol. The highest BCUT2D eigenvalue weighted by Crippen LogP contribution is 2.03. The van der Waals surface area contributed by atoms with Crippen LogP contribution in [-0.2, 0) is 14.3 Å². The highest BCUT2D eigenvalue weighted by molar-refractivity contribution is 5.95. The van der Waals surface area contributed by atoms with Gasteiger partial charge in [-0.2, -0.15) is 0 Å². The summed E-state index contributed by atoms with van der Waals surface area (Å²) in [5.41, 5.74) is 0. The number of hydrogen-bond donors (Lipinski definition) is 0. The van der Waals surface area contributed by atoms with Crippen molar-refractivity contribution < 1.29 is 18.7 Å². The molecule has 0 aliphatic heterocycles. The summed E-state index contributed by atoms with van der Waals surface area (Å²) in [6.45, 7) is 1.66. The Kier molecular flexibility index (Phi) is 8.08. The van der Waals surface area contributed by atoms with Gasteiger partial charge in [0.15, 0.2) is 0 Å². The summed E-state index contributed by atoms with van der Waals surface area (Å²) in [7, 11) is 0. The number of hydrogen-bond acceptors (Lipinski definition) is 3. The number of Topliss-reactive ketones (excluding diaryl/α,β-unsaturated/α-hetero) is 1. The second-order valence-electron chi connectivity index (χ2n) is 3.02. The molecule has 0 amide bonds. The Labute approximate surface area is 83.6 Å². The zero-order valence-corrected chi connectivity index (χ0v) is 8.55. The van der Waals surface area contributed by atoms with Crippen molar-refractivity contribution in [1.82, 2.24) is 0 Å². The van der Waals surface area contributed by atoms with E-state index in [1.54, 1.807) is 6.92 Å². The average molecular weight is 204 g/mol. The molecular formula is C10H17FO3. The lowest BCUT2D eigenvalue weighted by Gasteiger charge is -2.00. The topological polar surface area (TPSA) is 43.4 Å². The van der Waals surface area contributed by atoms with Crippen molar-refractivity contribution in [3.05, 3.63) is 0 Å². The molecule has 0 N–H and O–H groups in total. The SMILES string of the molecule is CCOC(=O)CC(=O)CCCCCF. The Morgan fingerprint density at radius 1 is 1.21 bits per heavy atom. The summed E-state index contributed by atoms with van der Waals surface area (Å²) in [5, 5.41) is 0. The summed E-state index contributed by atoms with van der Waals surface area (Å²) in [5.74, 6) is -0.592. The zero-order valence-electron chi connectivity index (χ0n) is 8.55. The van der Waals surface area contributed by atoms with Gasteiger partial charge in [-0.25, -0.2) is 0 Å². The Hall–Kier alpha value is -0.930. The van der Waals surface area contributed by atoms with Crippen molar-refractivity contribution in [2.24, 2.45) is 0 Å². The maximum atomic E-state index is 11.7. The van der Waals surface area contributed by atoms with E-state index in [1.165, 1.54) is 0 Å². The molecule has 0 aromatic rings. The standard InChI is InChI=1S/C10H17FO3/c1-2-14-10(13)8-9(12)6-4-3-5-7-11/h2-8H2,1H3. The molecule has 4 heteroatoms. The van der Waals surface area contributed by atoms with Gasteiger partial charge < -0.3 is 4.74 Å². The fourth-order valence-corrected chi connectivity index (χ4v) is 1.05. The molecule has 0 spiro atoms. The molecule has 0 radical (unpaired) electrons. The molecule has 0 rings (SSSR count). The summed E-state index contributed by atoms with van der Waals surface area (Å²) < 4.78 is 16.3. The summed E-state index contributed by atoms with van der Waals surface area (Å²) in [6.07, 6.45) is 2.04. The molecule has 0 fully saturated rings. The lowest BCUT2D eigenvalue weighted by Crippen LogP contribution is -2.10. The smallest absolute Gasteiger partial charge is 0.313 e. The predicted octanol–water partition coefficient (Wildman–Crippen LogP) is 2.04. The van der Waals surface area contributed by atoms with Gasteiger partial charge in [-0.1, -0.05) is 6.42 Å². The van der Waals surface area contributed by atoms with Gasteiger partial charge in [-0.15, -0.1) is 0 Å². The van der Waals surface area contributed by atoms with Gasteiger partial charge in [-0.05, 0) is 19.8 Å². The molecule has 0 aromatic carbocycles. The van der Waals surface area contributed by atoms with Gasteiger partial charge in [0.2, 0.25) is 0 Å². The Balaban J connectivity index is 3.40. The van der Waals surface area contributed by atoms with Crippen molar-refractivity contribution in [1.29, 1.82) is 0 Å². The van der Waals surface area contributed by atoms with E-state index in [2.05, 4.69) is 4.74 Å². The number of halogens is 1. The van der Waals surface area contributed by atoms with Crippen LogP contribution in [0.3, 0.4) is 0 Å². The first-order valence-electron chi connectivity index (χ1n) is 4.94.